The Morgan fingerprint density at radius 3 is 2.42 bits per heavy atom. The van der Waals surface area contributed by atoms with Crippen molar-refractivity contribution < 1.29 is 9.21 Å². The van der Waals surface area contributed by atoms with E-state index in [1.807, 2.05) is 36.4 Å². The molecule has 7 heteroatoms. The van der Waals surface area contributed by atoms with Crippen LogP contribution >= 0.6 is 23.8 Å². The van der Waals surface area contributed by atoms with Gasteiger partial charge in [-0.1, -0.05) is 37.6 Å². The number of hydrogen-bond donors (Lipinski definition) is 2. The molecule has 1 aromatic heterocycles. The molecule has 0 saturated carbocycles. The molecule has 4 rings (SSSR count). The van der Waals surface area contributed by atoms with E-state index in [2.05, 4.69) is 29.5 Å². The lowest BCUT2D eigenvalue weighted by Crippen LogP contribution is -2.34. The third-order valence-electron chi connectivity index (χ3n) is 4.81. The van der Waals surface area contributed by atoms with Gasteiger partial charge in [0.2, 0.25) is 5.89 Å². The van der Waals surface area contributed by atoms with Crippen molar-refractivity contribution in [2.45, 2.75) is 19.8 Å². The topological polar surface area (TPSA) is 67.2 Å². The molecule has 0 aliphatic heterocycles. The van der Waals surface area contributed by atoms with Crippen LogP contribution in [0.15, 0.2) is 71.1 Å². The first-order chi connectivity index (χ1) is 14.9. The molecular formula is C24H20ClN3O2S. The third-order valence-corrected chi connectivity index (χ3v) is 5.25. The Kier molecular flexibility index (Phi) is 6.02. The van der Waals surface area contributed by atoms with Gasteiger partial charge in [0.1, 0.15) is 5.52 Å². The van der Waals surface area contributed by atoms with Gasteiger partial charge in [0.25, 0.3) is 5.91 Å². The molecule has 156 valence electrons. The Hall–Kier alpha value is -3.22. The fraction of sp³-hybridized carbons (Fsp3) is 0.125. The normalized spacial score (nSPS) is 11.0. The predicted molar refractivity (Wildman–Crippen MR) is 129 cm³/mol. The average Bonchev–Trinajstić information content (AvgIpc) is 3.17. The molecule has 2 N–H and O–H groups in total. The van der Waals surface area contributed by atoms with Crippen molar-refractivity contribution in [2.24, 2.45) is 0 Å². The Morgan fingerprint density at radius 2 is 1.74 bits per heavy atom. The molecule has 3 aromatic carbocycles. The fourth-order valence-electron chi connectivity index (χ4n) is 3.08. The van der Waals surface area contributed by atoms with Crippen molar-refractivity contribution in [2.75, 3.05) is 5.32 Å². The molecule has 0 aliphatic rings. The molecule has 0 atom stereocenters. The number of hydrogen-bond acceptors (Lipinski definition) is 4. The van der Waals surface area contributed by atoms with Gasteiger partial charge < -0.3 is 9.73 Å². The van der Waals surface area contributed by atoms with Crippen LogP contribution in [0.4, 0.5) is 5.69 Å². The van der Waals surface area contributed by atoms with E-state index in [0.717, 1.165) is 11.3 Å². The predicted octanol–water partition coefficient (Wildman–Crippen LogP) is 6.40. The van der Waals surface area contributed by atoms with Crippen LogP contribution in [0.5, 0.6) is 0 Å². The minimum absolute atomic E-state index is 0.224. The molecule has 0 aliphatic carbocycles. The third kappa shape index (κ3) is 4.93. The average molecular weight is 450 g/mol. The van der Waals surface area contributed by atoms with Crippen LogP contribution in [0.1, 0.15) is 35.7 Å². The maximum atomic E-state index is 12.4. The lowest BCUT2D eigenvalue weighted by atomic mass is 10.0. The summed E-state index contributed by atoms with van der Waals surface area (Å²) in [6.45, 7) is 4.22. The van der Waals surface area contributed by atoms with Crippen LogP contribution in [0, 0.1) is 0 Å². The van der Waals surface area contributed by atoms with E-state index in [1.165, 1.54) is 5.56 Å². The number of nitrogens with zero attached hydrogens (tertiary/aromatic N) is 1. The van der Waals surface area contributed by atoms with Gasteiger partial charge in [-0.25, -0.2) is 4.98 Å². The summed E-state index contributed by atoms with van der Waals surface area (Å²) in [7, 11) is 0. The zero-order valence-electron chi connectivity index (χ0n) is 17.0. The van der Waals surface area contributed by atoms with Gasteiger partial charge >= 0.3 is 0 Å². The first-order valence-corrected chi connectivity index (χ1v) is 10.6. The van der Waals surface area contributed by atoms with E-state index >= 15 is 0 Å². The molecular weight excluding hydrogens is 430 g/mol. The van der Waals surface area contributed by atoms with E-state index in [0.29, 0.717) is 33.5 Å². The quantitative estimate of drug-likeness (QED) is 0.353. The van der Waals surface area contributed by atoms with Crippen molar-refractivity contribution in [1.29, 1.82) is 0 Å². The van der Waals surface area contributed by atoms with Crippen LogP contribution in [-0.2, 0) is 0 Å². The second kappa shape index (κ2) is 8.88. The number of anilines is 1. The number of thiocarbonyl (C=S) groups is 1. The number of benzene rings is 3. The van der Waals surface area contributed by atoms with E-state index in [9.17, 15) is 4.79 Å². The molecule has 0 spiro atoms. The van der Waals surface area contributed by atoms with Gasteiger partial charge in [0.15, 0.2) is 10.7 Å². The second-order valence-electron chi connectivity index (χ2n) is 7.39. The number of carbonyl (C=O) groups excluding carboxylic acids is 1. The number of halogens is 1. The summed E-state index contributed by atoms with van der Waals surface area (Å²) in [6.07, 6.45) is 0. The van der Waals surface area contributed by atoms with Gasteiger partial charge in [-0.3, -0.25) is 10.1 Å². The summed E-state index contributed by atoms with van der Waals surface area (Å²) >= 11 is 11.3. The minimum Gasteiger partial charge on any atom is -0.436 e. The largest absolute Gasteiger partial charge is 0.436 e. The molecule has 4 aromatic rings. The highest BCUT2D eigenvalue weighted by atomic mass is 35.5. The standard InChI is InChI=1S/C24H20ClN3O2S/c1-14(2)15-3-5-16(6-4-15)22(29)28-24(31)26-19-10-7-17(8-11-19)23-27-20-13-18(25)9-12-21(20)30-23/h3-14H,1-2H3,(H2,26,28,29,31). The number of amides is 1. The molecule has 0 unspecified atom stereocenters. The van der Waals surface area contributed by atoms with E-state index < -0.39 is 0 Å². The molecule has 1 heterocycles. The highest BCUT2D eigenvalue weighted by molar-refractivity contribution is 7.80. The summed E-state index contributed by atoms with van der Waals surface area (Å²) < 4.78 is 5.78. The Labute approximate surface area is 190 Å². The molecule has 5 nitrogen and oxygen atoms in total. The molecule has 0 radical (unpaired) electrons. The SMILES string of the molecule is CC(C)c1ccc(C(=O)NC(=S)Nc2ccc(-c3nc4cc(Cl)ccc4o3)cc2)cc1. The number of rotatable bonds is 4. The molecule has 0 fully saturated rings. The molecule has 31 heavy (non-hydrogen) atoms. The van der Waals surface area contributed by atoms with Crippen LogP contribution in [0.3, 0.4) is 0 Å². The van der Waals surface area contributed by atoms with Crippen molar-refractivity contribution in [3.05, 3.63) is 82.9 Å². The number of aromatic nitrogens is 1. The highest BCUT2D eigenvalue weighted by Gasteiger charge is 2.11. The Balaban J connectivity index is 1.39. The fourth-order valence-corrected chi connectivity index (χ4v) is 3.45. The van der Waals surface area contributed by atoms with Crippen molar-refractivity contribution in [3.63, 3.8) is 0 Å². The van der Waals surface area contributed by atoms with Gasteiger partial charge in [0.05, 0.1) is 0 Å². The van der Waals surface area contributed by atoms with E-state index in [1.54, 1.807) is 30.3 Å². The molecule has 0 bridgehead atoms. The van der Waals surface area contributed by atoms with Crippen molar-refractivity contribution in [1.82, 2.24) is 10.3 Å². The summed E-state index contributed by atoms with van der Waals surface area (Å²) in [4.78, 5) is 16.9. The van der Waals surface area contributed by atoms with Crippen LogP contribution in [-0.4, -0.2) is 16.0 Å². The van der Waals surface area contributed by atoms with Gasteiger partial charge in [-0.2, -0.15) is 0 Å². The smallest absolute Gasteiger partial charge is 0.257 e. The van der Waals surface area contributed by atoms with Crippen molar-refractivity contribution in [3.8, 4) is 11.5 Å². The van der Waals surface area contributed by atoms with Gasteiger partial charge in [-0.05, 0) is 78.3 Å². The molecule has 1 amide bonds. The van der Waals surface area contributed by atoms with Gasteiger partial charge in [0, 0.05) is 21.8 Å². The first-order valence-electron chi connectivity index (χ1n) is 9.78. The zero-order chi connectivity index (χ0) is 22.0. The highest BCUT2D eigenvalue weighted by Crippen LogP contribution is 2.27. The van der Waals surface area contributed by atoms with Crippen molar-refractivity contribution >= 4 is 51.6 Å². The van der Waals surface area contributed by atoms with E-state index in [4.69, 9.17) is 28.2 Å². The summed E-state index contributed by atoms with van der Waals surface area (Å²) in [5.41, 5.74) is 4.67. The van der Waals surface area contributed by atoms with Crippen LogP contribution in [0.25, 0.3) is 22.6 Å². The summed E-state index contributed by atoms with van der Waals surface area (Å²) in [5.74, 6) is 0.662. The van der Waals surface area contributed by atoms with Crippen LogP contribution in [0.2, 0.25) is 5.02 Å². The number of nitrogens with one attached hydrogen (secondary N) is 2. The monoisotopic (exact) mass is 449 g/mol. The number of oxazole rings is 1. The number of carbonyl (C=O) groups is 1. The lowest BCUT2D eigenvalue weighted by Gasteiger charge is -2.11. The first kappa shape index (κ1) is 21.0. The number of fused-ring (bicyclic) bond motifs is 1. The second-order valence-corrected chi connectivity index (χ2v) is 8.24. The zero-order valence-corrected chi connectivity index (χ0v) is 18.6. The molecule has 0 saturated heterocycles. The van der Waals surface area contributed by atoms with Crippen LogP contribution < -0.4 is 10.6 Å². The summed E-state index contributed by atoms with van der Waals surface area (Å²) in [6, 6.07) is 20.2. The Bertz CT molecular complexity index is 1250. The maximum Gasteiger partial charge on any atom is 0.257 e. The summed E-state index contributed by atoms with van der Waals surface area (Å²) in [5, 5.41) is 6.55. The minimum atomic E-state index is -0.255. The van der Waals surface area contributed by atoms with Gasteiger partial charge in [-0.15, -0.1) is 0 Å². The Morgan fingerprint density at radius 1 is 1.03 bits per heavy atom. The maximum absolute atomic E-state index is 12.4. The lowest BCUT2D eigenvalue weighted by molar-refractivity contribution is 0.0977. The van der Waals surface area contributed by atoms with E-state index in [-0.39, 0.29) is 11.0 Å².